The van der Waals surface area contributed by atoms with Crippen LogP contribution in [-0.4, -0.2) is 62.6 Å². The molecule has 0 bridgehead atoms. The molecule has 0 aliphatic carbocycles. The molecule has 0 radical (unpaired) electrons. The lowest BCUT2D eigenvalue weighted by Crippen LogP contribution is -2.42. The molecule has 1 fully saturated rings. The van der Waals surface area contributed by atoms with Crippen molar-refractivity contribution in [1.29, 1.82) is 0 Å². The van der Waals surface area contributed by atoms with E-state index >= 15 is 0 Å². The van der Waals surface area contributed by atoms with Gasteiger partial charge in [0, 0.05) is 37.7 Å². The molecule has 1 aliphatic heterocycles. The lowest BCUT2D eigenvalue weighted by atomic mass is 10.1. The van der Waals surface area contributed by atoms with Crippen LogP contribution < -0.4 is 5.32 Å². The molecule has 1 saturated heterocycles. The topological polar surface area (TPSA) is 106 Å². The van der Waals surface area contributed by atoms with Gasteiger partial charge in [-0.3, -0.25) is 4.98 Å². The van der Waals surface area contributed by atoms with Gasteiger partial charge in [-0.05, 0) is 25.0 Å². The molecule has 35 heavy (non-hydrogen) atoms. The Morgan fingerprint density at radius 3 is 2.49 bits per heavy atom. The summed E-state index contributed by atoms with van der Waals surface area (Å²) in [4.78, 5) is 15.4. The number of nitrogens with zero attached hydrogens (tertiary/aromatic N) is 6. The van der Waals surface area contributed by atoms with Gasteiger partial charge in [-0.2, -0.15) is 13.2 Å². The van der Waals surface area contributed by atoms with Crippen LogP contribution in [0.2, 0.25) is 0 Å². The van der Waals surface area contributed by atoms with Gasteiger partial charge < -0.3 is 9.88 Å². The Morgan fingerprint density at radius 1 is 1.14 bits per heavy atom. The number of rotatable bonds is 6. The first-order valence-corrected chi connectivity index (χ1v) is 12.2. The normalized spacial score (nSPS) is 16.1. The van der Waals surface area contributed by atoms with E-state index in [-0.39, 0.29) is 36.5 Å². The van der Waals surface area contributed by atoms with E-state index in [4.69, 9.17) is 0 Å². The van der Waals surface area contributed by atoms with Gasteiger partial charge >= 0.3 is 6.18 Å². The zero-order chi connectivity index (χ0) is 25.4. The van der Waals surface area contributed by atoms with Crippen molar-refractivity contribution in [1.82, 2.24) is 28.8 Å². The third-order valence-electron chi connectivity index (χ3n) is 5.48. The number of piperidine rings is 1. The Labute approximate surface area is 197 Å². The second kappa shape index (κ2) is 9.45. The van der Waals surface area contributed by atoms with Crippen molar-refractivity contribution in [2.24, 2.45) is 0 Å². The molecule has 4 heterocycles. The first-order valence-electron chi connectivity index (χ1n) is 10.4. The maximum Gasteiger partial charge on any atom is 0.420 e. The molecule has 0 amide bonds. The van der Waals surface area contributed by atoms with E-state index in [0.29, 0.717) is 19.0 Å². The summed E-state index contributed by atoms with van der Waals surface area (Å²) in [5, 5.41) is 2.95. The number of imidazole rings is 1. The number of sulfonamides is 1. The van der Waals surface area contributed by atoms with Crippen molar-refractivity contribution >= 4 is 16.0 Å². The Bertz CT molecular complexity index is 1310. The largest absolute Gasteiger partial charge is 0.420 e. The van der Waals surface area contributed by atoms with E-state index in [1.807, 2.05) is 0 Å². The van der Waals surface area contributed by atoms with E-state index in [0.717, 1.165) is 23.3 Å². The smallest absolute Gasteiger partial charge is 0.351 e. The van der Waals surface area contributed by atoms with Gasteiger partial charge in [0.2, 0.25) is 16.0 Å². The summed E-state index contributed by atoms with van der Waals surface area (Å²) in [6, 6.07) is 2.52. The second-order valence-electron chi connectivity index (χ2n) is 7.91. The first-order chi connectivity index (χ1) is 16.4. The molecule has 3 aromatic rings. The number of alkyl halides is 5. The third kappa shape index (κ3) is 5.56. The highest BCUT2D eigenvalue weighted by atomic mass is 32.2. The summed E-state index contributed by atoms with van der Waals surface area (Å²) in [5.41, 5.74) is -2.43. The van der Waals surface area contributed by atoms with E-state index in [9.17, 15) is 30.4 Å². The van der Waals surface area contributed by atoms with Crippen molar-refractivity contribution in [3.05, 3.63) is 48.3 Å². The maximum absolute atomic E-state index is 13.7. The van der Waals surface area contributed by atoms with E-state index in [2.05, 4.69) is 25.3 Å². The van der Waals surface area contributed by atoms with E-state index < -0.39 is 39.6 Å². The summed E-state index contributed by atoms with van der Waals surface area (Å²) in [5.74, 6) is -0.0880. The number of hydrogen-bond acceptors (Lipinski definition) is 7. The number of halogens is 5. The highest BCUT2D eigenvalue weighted by Crippen LogP contribution is 2.36. The monoisotopic (exact) mass is 517 g/mol. The summed E-state index contributed by atoms with van der Waals surface area (Å²) in [6.07, 6.45) is -1.66. The van der Waals surface area contributed by atoms with Gasteiger partial charge in [0.05, 0.1) is 11.9 Å². The van der Waals surface area contributed by atoms with Gasteiger partial charge in [0.15, 0.2) is 0 Å². The minimum Gasteiger partial charge on any atom is -0.351 e. The Hall–Kier alpha value is -3.20. The Morgan fingerprint density at radius 2 is 1.86 bits per heavy atom. The van der Waals surface area contributed by atoms with Crippen LogP contribution >= 0.6 is 0 Å². The number of pyridine rings is 1. The van der Waals surface area contributed by atoms with Crippen LogP contribution in [0.15, 0.2) is 37.1 Å². The molecule has 1 N–H and O–H groups in total. The Kier molecular flexibility index (Phi) is 6.73. The SMILES string of the molecule is CS(=O)(=O)N1CCC(Nc2ncc(C(F)(F)F)c(-c3cn(-c4cccnc4C(F)F)cn3)n2)CC1. The van der Waals surface area contributed by atoms with Gasteiger partial charge in [0.25, 0.3) is 6.43 Å². The molecule has 4 rings (SSSR count). The zero-order valence-corrected chi connectivity index (χ0v) is 19.1. The summed E-state index contributed by atoms with van der Waals surface area (Å²) < 4.78 is 93.5. The number of aromatic nitrogens is 5. The van der Waals surface area contributed by atoms with Crippen LogP contribution in [0.5, 0.6) is 0 Å². The molecule has 188 valence electrons. The summed E-state index contributed by atoms with van der Waals surface area (Å²) in [6.45, 7) is 0.512. The summed E-state index contributed by atoms with van der Waals surface area (Å²) in [7, 11) is -3.33. The molecule has 15 heteroatoms. The molecule has 3 aromatic heterocycles. The van der Waals surface area contributed by atoms with Crippen molar-refractivity contribution in [2.45, 2.75) is 31.5 Å². The molecule has 9 nitrogen and oxygen atoms in total. The van der Waals surface area contributed by atoms with E-state index in [1.165, 1.54) is 22.6 Å². The van der Waals surface area contributed by atoms with Gasteiger partial charge in [-0.15, -0.1) is 0 Å². The molecule has 0 spiro atoms. The average molecular weight is 517 g/mol. The minimum atomic E-state index is -4.79. The molecule has 0 aromatic carbocycles. The molecule has 0 saturated carbocycles. The fraction of sp³-hybridized carbons (Fsp3) is 0.400. The van der Waals surface area contributed by atoms with Crippen molar-refractivity contribution in [3.8, 4) is 17.1 Å². The van der Waals surface area contributed by atoms with Crippen molar-refractivity contribution in [3.63, 3.8) is 0 Å². The third-order valence-corrected chi connectivity index (χ3v) is 6.78. The highest BCUT2D eigenvalue weighted by Gasteiger charge is 2.36. The fourth-order valence-corrected chi connectivity index (χ4v) is 4.61. The average Bonchev–Trinajstić information content (AvgIpc) is 3.28. The van der Waals surface area contributed by atoms with Crippen LogP contribution in [-0.2, 0) is 16.2 Å². The second-order valence-corrected chi connectivity index (χ2v) is 9.89. The van der Waals surface area contributed by atoms with Gasteiger partial charge in [-0.25, -0.2) is 36.5 Å². The number of anilines is 1. The molecular formula is C20H20F5N7O2S. The standard InChI is InChI=1S/C20H20F5N7O2S/c1-35(33,34)32-7-4-12(5-8-32)29-19-27-9-13(20(23,24)25)16(30-19)14-10-31(11-28-14)15-3-2-6-26-17(15)18(21)22/h2-3,6,9-12,18H,4-5,7-8H2,1H3,(H,27,29,30). The van der Waals surface area contributed by atoms with Crippen LogP contribution in [0.1, 0.15) is 30.5 Å². The zero-order valence-electron chi connectivity index (χ0n) is 18.2. The van der Waals surface area contributed by atoms with Crippen LogP contribution in [0.3, 0.4) is 0 Å². The lowest BCUT2D eigenvalue weighted by Gasteiger charge is -2.30. The molecular weight excluding hydrogens is 497 g/mol. The van der Waals surface area contributed by atoms with E-state index in [1.54, 1.807) is 0 Å². The predicted octanol–water partition coefficient (Wildman–Crippen LogP) is 3.52. The molecule has 1 aliphatic rings. The molecule has 0 atom stereocenters. The first kappa shape index (κ1) is 24.9. The predicted molar refractivity (Wildman–Crippen MR) is 115 cm³/mol. The van der Waals surface area contributed by atoms with Crippen LogP contribution in [0.25, 0.3) is 17.1 Å². The van der Waals surface area contributed by atoms with Gasteiger partial charge in [0.1, 0.15) is 29.0 Å². The molecule has 0 unspecified atom stereocenters. The van der Waals surface area contributed by atoms with Gasteiger partial charge in [-0.1, -0.05) is 0 Å². The summed E-state index contributed by atoms with van der Waals surface area (Å²) >= 11 is 0. The van der Waals surface area contributed by atoms with Crippen molar-refractivity contribution < 1.29 is 30.4 Å². The van der Waals surface area contributed by atoms with Crippen LogP contribution in [0.4, 0.5) is 27.9 Å². The quantitative estimate of drug-likeness (QED) is 0.499. The highest BCUT2D eigenvalue weighted by molar-refractivity contribution is 7.88. The van der Waals surface area contributed by atoms with Crippen molar-refractivity contribution in [2.75, 3.05) is 24.7 Å². The maximum atomic E-state index is 13.7. The Balaban J connectivity index is 1.63. The fourth-order valence-electron chi connectivity index (χ4n) is 3.74. The lowest BCUT2D eigenvalue weighted by molar-refractivity contribution is -0.137. The number of hydrogen-bond donors (Lipinski definition) is 1. The number of nitrogens with one attached hydrogen (secondary N) is 1. The van der Waals surface area contributed by atoms with Crippen LogP contribution in [0, 0.1) is 0 Å². The minimum absolute atomic E-state index is 0.0279.